The molecule has 0 amide bonds. The molecule has 170 valence electrons. The van der Waals surface area contributed by atoms with Crippen LogP contribution in [0.1, 0.15) is 0 Å². The Bertz CT molecular complexity index is 540. The van der Waals surface area contributed by atoms with E-state index in [-0.39, 0.29) is 0 Å². The first-order valence-corrected chi connectivity index (χ1v) is 7.25. The van der Waals surface area contributed by atoms with Gasteiger partial charge in [0.25, 0.3) is 6.36 Å². The van der Waals surface area contributed by atoms with Crippen LogP contribution in [-0.2, 0) is 4.74 Å². The van der Waals surface area contributed by atoms with E-state index in [1.54, 1.807) is 0 Å². The maximum atomic E-state index is 13.2. The molecule has 28 heavy (non-hydrogen) atoms. The summed E-state index contributed by atoms with van der Waals surface area (Å²) >= 11 is 2.35. The molecule has 18 heteroatoms. The average molecular weight is 525 g/mol. The van der Waals surface area contributed by atoms with Gasteiger partial charge in [-0.15, -0.1) is 0 Å². The second-order valence-electron chi connectivity index (χ2n) is 4.87. The summed E-state index contributed by atoms with van der Waals surface area (Å²) in [5.74, 6) is -48.2. The zero-order valence-corrected chi connectivity index (χ0v) is 13.9. The Morgan fingerprint density at radius 3 is 1.21 bits per heavy atom. The van der Waals surface area contributed by atoms with Crippen molar-refractivity contribution in [1.82, 2.24) is 0 Å². The van der Waals surface area contributed by atoms with Crippen LogP contribution in [0.5, 0.6) is 0 Å². The summed E-state index contributed by atoms with van der Waals surface area (Å²) in [6.07, 6.45) is -12.5. The van der Waals surface area contributed by atoms with Crippen molar-refractivity contribution in [3.8, 4) is 0 Å². The van der Waals surface area contributed by atoms with Crippen molar-refractivity contribution >= 4 is 15.9 Å². The minimum Gasteiger partial charge on any atom is -0.342 e. The van der Waals surface area contributed by atoms with Crippen molar-refractivity contribution in [3.05, 3.63) is 0 Å². The van der Waals surface area contributed by atoms with Crippen LogP contribution in [0.25, 0.3) is 0 Å². The van der Waals surface area contributed by atoms with Crippen LogP contribution in [0.2, 0.25) is 0 Å². The molecule has 0 aliphatic rings. The van der Waals surface area contributed by atoms with Gasteiger partial charge in [0.1, 0.15) is 0 Å². The van der Waals surface area contributed by atoms with E-state index in [9.17, 15) is 70.2 Å². The smallest absolute Gasteiger partial charge is 0.342 e. The molecule has 1 unspecified atom stereocenters. The number of ether oxygens (including phenoxy) is 1. The molecule has 0 aliphatic heterocycles. The van der Waals surface area contributed by atoms with Crippen molar-refractivity contribution in [2.45, 2.75) is 48.1 Å². The molecule has 0 spiro atoms. The molecule has 0 aromatic rings. The number of alkyl halides is 17. The van der Waals surface area contributed by atoms with E-state index in [1.165, 1.54) is 0 Å². The minimum atomic E-state index is -8.44. The molecule has 0 fully saturated rings. The fourth-order valence-electron chi connectivity index (χ4n) is 1.37. The van der Waals surface area contributed by atoms with Gasteiger partial charge in [0.2, 0.25) is 0 Å². The van der Waals surface area contributed by atoms with Crippen LogP contribution in [0.15, 0.2) is 0 Å². The summed E-state index contributed by atoms with van der Waals surface area (Å²) in [5, 5.41) is -0.614. The summed E-state index contributed by atoms with van der Waals surface area (Å²) < 4.78 is 208. The first-order valence-electron chi connectivity index (χ1n) is 6.13. The topological polar surface area (TPSA) is 9.23 Å². The zero-order chi connectivity index (χ0) is 23.2. The van der Waals surface area contributed by atoms with E-state index in [0.717, 1.165) is 0 Å². The van der Waals surface area contributed by atoms with E-state index >= 15 is 0 Å². The lowest BCUT2D eigenvalue weighted by Crippen LogP contribution is -2.73. The van der Waals surface area contributed by atoms with E-state index in [4.69, 9.17) is 0 Å². The van der Waals surface area contributed by atoms with Crippen LogP contribution in [-0.4, -0.2) is 60.0 Å². The number of hydrogen-bond donors (Lipinski definition) is 0. The molecule has 1 atom stereocenters. The molecule has 0 bridgehead atoms. The highest BCUT2D eigenvalue weighted by atomic mass is 79.9. The second-order valence-corrected chi connectivity index (χ2v) is 5.66. The molecule has 0 N–H and O–H groups in total. The van der Waals surface area contributed by atoms with Crippen LogP contribution in [0.3, 0.4) is 0 Å². The molecule has 0 heterocycles. The summed E-state index contributed by atoms with van der Waals surface area (Å²) in [4.78, 5) is 0. The van der Waals surface area contributed by atoms with Crippen molar-refractivity contribution in [1.29, 1.82) is 0 Å². The quantitative estimate of drug-likeness (QED) is 0.263. The third-order valence-corrected chi connectivity index (χ3v) is 3.30. The Kier molecular flexibility index (Phi) is 7.35. The molecule has 0 aromatic carbocycles. The van der Waals surface area contributed by atoms with Crippen LogP contribution >= 0.6 is 15.9 Å². The Morgan fingerprint density at radius 2 is 0.893 bits per heavy atom. The van der Waals surface area contributed by atoms with Gasteiger partial charge in [-0.05, 0) is 0 Å². The molecule has 0 rings (SSSR count). The number of hydrogen-bond acceptors (Lipinski definition) is 1. The lowest BCUT2D eigenvalue weighted by Gasteiger charge is -2.41. The summed E-state index contributed by atoms with van der Waals surface area (Å²) in [7, 11) is 0. The van der Waals surface area contributed by atoms with E-state index < -0.39 is 60.0 Å². The van der Waals surface area contributed by atoms with E-state index in [1.807, 2.05) is 0 Å². The largest absolute Gasteiger partial charge is 0.460 e. The van der Waals surface area contributed by atoms with Gasteiger partial charge < -0.3 is 4.74 Å². The number of rotatable bonds is 9. The van der Waals surface area contributed by atoms with Crippen LogP contribution in [0, 0.1) is 0 Å². The summed E-state index contributed by atoms with van der Waals surface area (Å²) in [6.45, 7) is -1.28. The molecule has 0 saturated carbocycles. The van der Waals surface area contributed by atoms with Gasteiger partial charge in [-0.1, -0.05) is 15.9 Å². The van der Waals surface area contributed by atoms with Gasteiger partial charge in [0.05, 0.1) is 6.61 Å². The Labute approximate surface area is 152 Å². The lowest BCUT2D eigenvalue weighted by atomic mass is 9.91. The van der Waals surface area contributed by atoms with Gasteiger partial charge in [0, 0.05) is 5.33 Å². The van der Waals surface area contributed by atoms with Gasteiger partial charge in [0.15, 0.2) is 0 Å². The predicted molar refractivity (Wildman–Crippen MR) is 60.4 cm³/mol. The predicted octanol–water partition coefficient (Wildman–Crippen LogP) is 6.07. The standard InChI is InChI=1S/C10H5BrF16O/c11-1-2-28-3(12)4(13,14)5(15,16)6(17,18)7(19,20)8(21,22)9(23,24)10(25,26)27/h3H,1-2H2. The number of halogens is 17. The van der Waals surface area contributed by atoms with Gasteiger partial charge >= 0.3 is 41.7 Å². The van der Waals surface area contributed by atoms with E-state index in [0.29, 0.717) is 0 Å². The summed E-state index contributed by atoms with van der Waals surface area (Å²) in [5.41, 5.74) is 0. The van der Waals surface area contributed by atoms with Crippen molar-refractivity contribution in [2.24, 2.45) is 0 Å². The highest BCUT2D eigenvalue weighted by Crippen LogP contribution is 2.62. The second kappa shape index (κ2) is 7.54. The Balaban J connectivity index is 6.39. The summed E-state index contributed by atoms with van der Waals surface area (Å²) in [6, 6.07) is 0. The van der Waals surface area contributed by atoms with Gasteiger partial charge in [-0.3, -0.25) is 0 Å². The monoisotopic (exact) mass is 524 g/mol. The fraction of sp³-hybridized carbons (Fsp3) is 1.00. The zero-order valence-electron chi connectivity index (χ0n) is 12.3. The first-order chi connectivity index (χ1) is 12.0. The molecule has 1 nitrogen and oxygen atoms in total. The normalized spacial score (nSPS) is 17.0. The first kappa shape index (κ1) is 27.3. The Hall–Kier alpha value is -0.680. The highest BCUT2D eigenvalue weighted by molar-refractivity contribution is 9.09. The molecule has 0 saturated heterocycles. The fourth-order valence-corrected chi connectivity index (χ4v) is 1.56. The van der Waals surface area contributed by atoms with Crippen LogP contribution < -0.4 is 0 Å². The Morgan fingerprint density at radius 1 is 0.571 bits per heavy atom. The van der Waals surface area contributed by atoms with E-state index in [2.05, 4.69) is 20.7 Å². The molecule has 0 aliphatic carbocycles. The molecular formula is C10H5BrF16O. The third-order valence-electron chi connectivity index (χ3n) is 2.98. The maximum Gasteiger partial charge on any atom is 0.460 e. The SMILES string of the molecule is FC(OCCBr)C(F)(F)C(F)(F)C(F)(F)C(F)(F)C(F)(F)C(F)(F)C(F)(F)F. The average Bonchev–Trinajstić information content (AvgIpc) is 2.50. The highest BCUT2D eigenvalue weighted by Gasteiger charge is 2.94. The van der Waals surface area contributed by atoms with Crippen molar-refractivity contribution in [2.75, 3.05) is 11.9 Å². The van der Waals surface area contributed by atoms with Crippen LogP contribution in [0.4, 0.5) is 70.2 Å². The van der Waals surface area contributed by atoms with Gasteiger partial charge in [-0.2, -0.15) is 65.9 Å². The minimum absolute atomic E-state index is 0.614. The van der Waals surface area contributed by atoms with Crippen molar-refractivity contribution in [3.63, 3.8) is 0 Å². The third kappa shape index (κ3) is 3.74. The van der Waals surface area contributed by atoms with Gasteiger partial charge in [-0.25, -0.2) is 4.39 Å². The van der Waals surface area contributed by atoms with Crippen molar-refractivity contribution < 1.29 is 75.0 Å². The molecular weight excluding hydrogens is 520 g/mol. The lowest BCUT2D eigenvalue weighted by molar-refractivity contribution is -0.458. The maximum absolute atomic E-state index is 13.2. The molecule has 0 aromatic heterocycles. The molecule has 0 radical (unpaired) electrons.